The van der Waals surface area contributed by atoms with E-state index >= 15 is 0 Å². The van der Waals surface area contributed by atoms with E-state index in [1.54, 1.807) is 6.20 Å². The molecule has 1 saturated heterocycles. The first-order valence-corrected chi connectivity index (χ1v) is 13.1. The Morgan fingerprint density at radius 2 is 1.95 bits per heavy atom. The summed E-state index contributed by atoms with van der Waals surface area (Å²) in [5.74, 6) is 2.24. The molecule has 0 saturated carbocycles. The van der Waals surface area contributed by atoms with Crippen molar-refractivity contribution in [2.75, 3.05) is 18.5 Å². The van der Waals surface area contributed by atoms with E-state index in [9.17, 15) is 4.79 Å². The van der Waals surface area contributed by atoms with Crippen molar-refractivity contribution < 1.29 is 13.9 Å². The number of thiocarbonyl (C=S) groups is 1. The van der Waals surface area contributed by atoms with Gasteiger partial charge in [-0.3, -0.25) is 9.78 Å². The van der Waals surface area contributed by atoms with Gasteiger partial charge in [-0.25, -0.2) is 0 Å². The van der Waals surface area contributed by atoms with Crippen LogP contribution in [0.15, 0.2) is 89.5 Å². The number of benzene rings is 2. The fraction of sp³-hybridized carbons (Fsp3) is 0.233. The number of hydrogen-bond donors (Lipinski definition) is 2. The SMILES string of the molecule is CCOc1ccc(-c2ccc([C@@H]3[C@@H](c4ccccn4)NC(=S)N3CCC(=O)Nc3cccc(C)c3)o2)cc1. The highest BCUT2D eigenvalue weighted by atomic mass is 32.1. The molecule has 2 aromatic carbocycles. The van der Waals surface area contributed by atoms with E-state index < -0.39 is 0 Å². The molecule has 4 aromatic rings. The van der Waals surface area contributed by atoms with Gasteiger partial charge in [0.2, 0.25) is 5.91 Å². The molecule has 3 heterocycles. The molecule has 0 bridgehead atoms. The summed E-state index contributed by atoms with van der Waals surface area (Å²) in [4.78, 5) is 19.4. The van der Waals surface area contributed by atoms with Gasteiger partial charge in [0.15, 0.2) is 5.11 Å². The number of pyridine rings is 1. The van der Waals surface area contributed by atoms with Crippen LogP contribution < -0.4 is 15.4 Å². The van der Waals surface area contributed by atoms with E-state index in [4.69, 9.17) is 21.4 Å². The molecule has 38 heavy (non-hydrogen) atoms. The second-order valence-electron chi connectivity index (χ2n) is 9.15. The van der Waals surface area contributed by atoms with Crippen molar-refractivity contribution in [3.8, 4) is 17.1 Å². The van der Waals surface area contributed by atoms with Crippen LogP contribution >= 0.6 is 12.2 Å². The van der Waals surface area contributed by atoms with Crippen molar-refractivity contribution in [2.45, 2.75) is 32.4 Å². The normalized spacial score (nSPS) is 16.8. The maximum Gasteiger partial charge on any atom is 0.226 e. The molecule has 2 atom stereocenters. The maximum absolute atomic E-state index is 12.8. The summed E-state index contributed by atoms with van der Waals surface area (Å²) in [6.45, 7) is 5.00. The molecule has 0 spiro atoms. The number of furan rings is 1. The third kappa shape index (κ3) is 5.70. The number of carbonyl (C=O) groups excluding carboxylic acids is 1. The number of anilines is 1. The number of hydrogen-bond acceptors (Lipinski definition) is 5. The number of aryl methyl sites for hydroxylation is 1. The summed E-state index contributed by atoms with van der Waals surface area (Å²) in [6.07, 6.45) is 2.04. The Morgan fingerprint density at radius 3 is 2.68 bits per heavy atom. The van der Waals surface area contributed by atoms with Gasteiger partial charge in [0.1, 0.15) is 23.3 Å². The van der Waals surface area contributed by atoms with Crippen molar-refractivity contribution in [1.29, 1.82) is 0 Å². The number of ether oxygens (including phenoxy) is 1. The van der Waals surface area contributed by atoms with Crippen LogP contribution in [0.2, 0.25) is 0 Å². The van der Waals surface area contributed by atoms with E-state index in [1.807, 2.05) is 97.6 Å². The van der Waals surface area contributed by atoms with Crippen LogP contribution in [-0.4, -0.2) is 34.1 Å². The number of aromatic nitrogens is 1. The Hall–Kier alpha value is -4.17. The van der Waals surface area contributed by atoms with Crippen molar-refractivity contribution in [1.82, 2.24) is 15.2 Å². The van der Waals surface area contributed by atoms with Gasteiger partial charge in [-0.05, 0) is 92.3 Å². The lowest BCUT2D eigenvalue weighted by atomic mass is 10.0. The first kappa shape index (κ1) is 25.5. The number of nitrogens with zero attached hydrogens (tertiary/aromatic N) is 2. The van der Waals surface area contributed by atoms with Gasteiger partial charge in [0.25, 0.3) is 0 Å². The highest BCUT2D eigenvalue weighted by Crippen LogP contribution is 2.40. The fourth-order valence-corrected chi connectivity index (χ4v) is 5.00. The second kappa shape index (κ2) is 11.5. The van der Waals surface area contributed by atoms with Crippen LogP contribution in [0, 0.1) is 6.92 Å². The minimum absolute atomic E-state index is 0.0760. The molecule has 8 heteroatoms. The smallest absolute Gasteiger partial charge is 0.226 e. The Balaban J connectivity index is 1.38. The summed E-state index contributed by atoms with van der Waals surface area (Å²) >= 11 is 5.73. The molecule has 0 aliphatic carbocycles. The molecule has 1 aliphatic rings. The Morgan fingerprint density at radius 1 is 1.11 bits per heavy atom. The van der Waals surface area contributed by atoms with Crippen LogP contribution in [0.5, 0.6) is 5.75 Å². The molecule has 0 unspecified atom stereocenters. The topological polar surface area (TPSA) is 79.6 Å². The molecule has 2 N–H and O–H groups in total. The van der Waals surface area contributed by atoms with E-state index in [1.165, 1.54) is 0 Å². The highest BCUT2D eigenvalue weighted by molar-refractivity contribution is 7.80. The molecule has 1 amide bonds. The summed E-state index contributed by atoms with van der Waals surface area (Å²) in [5.41, 5.74) is 3.68. The number of carbonyl (C=O) groups is 1. The fourth-order valence-electron chi connectivity index (χ4n) is 4.67. The van der Waals surface area contributed by atoms with Crippen LogP contribution in [0.25, 0.3) is 11.3 Å². The predicted octanol–water partition coefficient (Wildman–Crippen LogP) is 6.05. The van der Waals surface area contributed by atoms with Gasteiger partial charge < -0.3 is 24.7 Å². The Labute approximate surface area is 227 Å². The quantitative estimate of drug-likeness (QED) is 0.257. The average Bonchev–Trinajstić information content (AvgIpc) is 3.53. The lowest BCUT2D eigenvalue weighted by Crippen LogP contribution is -2.32. The van der Waals surface area contributed by atoms with Gasteiger partial charge in [-0.2, -0.15) is 0 Å². The van der Waals surface area contributed by atoms with Crippen molar-refractivity contribution in [3.63, 3.8) is 0 Å². The van der Waals surface area contributed by atoms with Crippen LogP contribution in [0.1, 0.15) is 42.4 Å². The van der Waals surface area contributed by atoms with Crippen molar-refractivity contribution >= 4 is 28.9 Å². The molecule has 194 valence electrons. The highest BCUT2D eigenvalue weighted by Gasteiger charge is 2.41. The number of nitrogens with one attached hydrogen (secondary N) is 2. The summed E-state index contributed by atoms with van der Waals surface area (Å²) < 4.78 is 12.0. The van der Waals surface area contributed by atoms with Crippen LogP contribution in [0.4, 0.5) is 5.69 Å². The van der Waals surface area contributed by atoms with Gasteiger partial charge in [-0.1, -0.05) is 18.2 Å². The third-order valence-electron chi connectivity index (χ3n) is 6.45. The molecular formula is C30H30N4O3S. The number of amides is 1. The van der Waals surface area contributed by atoms with Gasteiger partial charge >= 0.3 is 0 Å². The Kier molecular flexibility index (Phi) is 7.70. The third-order valence-corrected chi connectivity index (χ3v) is 6.80. The van der Waals surface area contributed by atoms with E-state index in [0.717, 1.165) is 39.8 Å². The minimum Gasteiger partial charge on any atom is -0.494 e. The van der Waals surface area contributed by atoms with Gasteiger partial charge in [0.05, 0.1) is 18.3 Å². The zero-order valence-electron chi connectivity index (χ0n) is 21.4. The summed E-state index contributed by atoms with van der Waals surface area (Å²) in [7, 11) is 0. The zero-order valence-corrected chi connectivity index (χ0v) is 22.2. The van der Waals surface area contributed by atoms with E-state index in [0.29, 0.717) is 18.3 Å². The average molecular weight is 527 g/mol. The van der Waals surface area contributed by atoms with Crippen LogP contribution in [0.3, 0.4) is 0 Å². The molecule has 7 nitrogen and oxygen atoms in total. The largest absolute Gasteiger partial charge is 0.494 e. The lowest BCUT2D eigenvalue weighted by molar-refractivity contribution is -0.116. The van der Waals surface area contributed by atoms with E-state index in [-0.39, 0.29) is 24.4 Å². The van der Waals surface area contributed by atoms with Crippen molar-refractivity contribution in [2.24, 2.45) is 0 Å². The monoisotopic (exact) mass is 526 g/mol. The molecule has 0 radical (unpaired) electrons. The van der Waals surface area contributed by atoms with Crippen molar-refractivity contribution in [3.05, 3.63) is 102 Å². The van der Waals surface area contributed by atoms with Crippen LogP contribution in [-0.2, 0) is 4.79 Å². The minimum atomic E-state index is -0.263. The first-order chi connectivity index (χ1) is 18.5. The standard InChI is InChI=1S/C30H30N4O3S/c1-3-36-23-12-10-21(11-13-23)25-14-15-26(37-25)29-28(24-9-4-5-17-31-24)33-30(38)34(29)18-16-27(35)32-22-8-6-7-20(2)19-22/h4-15,17,19,28-29H,3,16,18H2,1-2H3,(H,32,35)(H,33,38)/t28-,29-/m1/s1. The first-order valence-electron chi connectivity index (χ1n) is 12.7. The van der Waals surface area contributed by atoms with Gasteiger partial charge in [0, 0.05) is 30.4 Å². The Bertz CT molecular complexity index is 1400. The van der Waals surface area contributed by atoms with Gasteiger partial charge in [-0.15, -0.1) is 0 Å². The molecule has 5 rings (SSSR count). The maximum atomic E-state index is 12.8. The molecular weight excluding hydrogens is 496 g/mol. The zero-order chi connectivity index (χ0) is 26.5. The molecule has 1 fully saturated rings. The predicted molar refractivity (Wildman–Crippen MR) is 152 cm³/mol. The van der Waals surface area contributed by atoms with E-state index in [2.05, 4.69) is 15.6 Å². The molecule has 2 aromatic heterocycles. The summed E-state index contributed by atoms with van der Waals surface area (Å²) in [6, 6.07) is 24.9. The second-order valence-corrected chi connectivity index (χ2v) is 9.53. The summed E-state index contributed by atoms with van der Waals surface area (Å²) in [5, 5.41) is 6.95. The molecule has 1 aliphatic heterocycles. The lowest BCUT2D eigenvalue weighted by Gasteiger charge is -2.25. The number of rotatable bonds is 9.